The van der Waals surface area contributed by atoms with Crippen molar-refractivity contribution >= 4 is 11.3 Å². The summed E-state index contributed by atoms with van der Waals surface area (Å²) in [6.45, 7) is 2.12. The summed E-state index contributed by atoms with van der Waals surface area (Å²) in [5.74, 6) is 0. The van der Waals surface area contributed by atoms with Crippen LogP contribution in [0.1, 0.15) is 25.3 Å². The quantitative estimate of drug-likeness (QED) is 0.717. The van der Waals surface area contributed by atoms with Gasteiger partial charge < -0.3 is 5.73 Å². The van der Waals surface area contributed by atoms with Crippen molar-refractivity contribution in [3.8, 4) is 0 Å². The molecule has 0 aliphatic heterocycles. The highest BCUT2D eigenvalue weighted by Gasteiger charge is 2.47. The van der Waals surface area contributed by atoms with E-state index in [1.54, 1.807) is 11.3 Å². The monoisotopic (exact) mass is 167 g/mol. The summed E-state index contributed by atoms with van der Waals surface area (Å²) in [4.78, 5) is 0. The summed E-state index contributed by atoms with van der Waals surface area (Å²) in [6.07, 6.45) is 2.56. The second kappa shape index (κ2) is 2.32. The minimum Gasteiger partial charge on any atom is -0.327 e. The minimum absolute atomic E-state index is 0.317. The molecule has 1 heterocycles. The smallest absolute Gasteiger partial charge is 0.0110 e. The van der Waals surface area contributed by atoms with Crippen molar-refractivity contribution in [2.45, 2.75) is 31.2 Å². The predicted molar refractivity (Wildman–Crippen MR) is 48.9 cm³/mol. The van der Waals surface area contributed by atoms with Crippen molar-refractivity contribution in [2.75, 3.05) is 0 Å². The summed E-state index contributed by atoms with van der Waals surface area (Å²) in [6, 6.07) is 2.53. The molecule has 0 radical (unpaired) electrons. The zero-order valence-corrected chi connectivity index (χ0v) is 7.53. The number of thiophene rings is 1. The Balaban J connectivity index is 2.29. The molecule has 1 nitrogen and oxygen atoms in total. The molecule has 2 N–H and O–H groups in total. The molecule has 1 aromatic rings. The van der Waals surface area contributed by atoms with E-state index in [-0.39, 0.29) is 0 Å². The van der Waals surface area contributed by atoms with Crippen LogP contribution in [-0.2, 0) is 5.41 Å². The molecule has 0 bridgehead atoms. The van der Waals surface area contributed by atoms with Crippen molar-refractivity contribution in [1.29, 1.82) is 0 Å². The minimum atomic E-state index is 0.317. The molecule has 2 heteroatoms. The van der Waals surface area contributed by atoms with E-state index in [4.69, 9.17) is 5.73 Å². The maximum atomic E-state index is 5.93. The maximum absolute atomic E-state index is 5.93. The Hall–Kier alpha value is -0.340. The lowest BCUT2D eigenvalue weighted by Gasteiger charge is -2.17. The van der Waals surface area contributed by atoms with Crippen molar-refractivity contribution in [3.05, 3.63) is 22.4 Å². The summed E-state index contributed by atoms with van der Waals surface area (Å²) >= 11 is 1.77. The molecule has 1 saturated carbocycles. The first-order valence-corrected chi connectivity index (χ1v) is 4.98. The van der Waals surface area contributed by atoms with Crippen LogP contribution in [0, 0.1) is 0 Å². The van der Waals surface area contributed by atoms with Gasteiger partial charge in [0.2, 0.25) is 0 Å². The molecule has 0 aromatic carbocycles. The van der Waals surface area contributed by atoms with E-state index >= 15 is 0 Å². The molecular weight excluding hydrogens is 154 g/mol. The van der Waals surface area contributed by atoms with Gasteiger partial charge >= 0.3 is 0 Å². The van der Waals surface area contributed by atoms with Crippen LogP contribution in [0.5, 0.6) is 0 Å². The van der Waals surface area contributed by atoms with Crippen LogP contribution < -0.4 is 5.73 Å². The molecule has 1 unspecified atom stereocenters. The van der Waals surface area contributed by atoms with Crippen molar-refractivity contribution in [2.24, 2.45) is 5.73 Å². The molecule has 1 aliphatic carbocycles. The van der Waals surface area contributed by atoms with Crippen LogP contribution in [0.3, 0.4) is 0 Å². The Kier molecular flexibility index (Phi) is 1.55. The van der Waals surface area contributed by atoms with Crippen LogP contribution in [0.2, 0.25) is 0 Å². The van der Waals surface area contributed by atoms with Crippen LogP contribution in [0.4, 0.5) is 0 Å². The normalized spacial score (nSPS) is 23.1. The Morgan fingerprint density at radius 1 is 1.64 bits per heavy atom. The zero-order chi connectivity index (χ0) is 7.90. The third-order valence-corrected chi connectivity index (χ3v) is 3.44. The molecule has 0 amide bonds. The van der Waals surface area contributed by atoms with E-state index in [0.29, 0.717) is 11.5 Å². The van der Waals surface area contributed by atoms with Crippen LogP contribution in [0.25, 0.3) is 0 Å². The summed E-state index contributed by atoms with van der Waals surface area (Å²) in [5.41, 5.74) is 7.75. The first kappa shape index (κ1) is 7.32. The predicted octanol–water partition coefficient (Wildman–Crippen LogP) is 2.13. The van der Waals surface area contributed by atoms with Crippen LogP contribution in [-0.4, -0.2) is 6.04 Å². The van der Waals surface area contributed by atoms with E-state index in [1.807, 2.05) is 0 Å². The number of nitrogens with two attached hydrogens (primary N) is 1. The van der Waals surface area contributed by atoms with Gasteiger partial charge in [0, 0.05) is 11.5 Å². The van der Waals surface area contributed by atoms with E-state index in [9.17, 15) is 0 Å². The van der Waals surface area contributed by atoms with E-state index in [1.165, 1.54) is 18.4 Å². The molecule has 1 aromatic heterocycles. The van der Waals surface area contributed by atoms with Crippen molar-refractivity contribution < 1.29 is 0 Å². The number of hydrogen-bond acceptors (Lipinski definition) is 2. The second-order valence-electron chi connectivity index (χ2n) is 3.46. The molecule has 1 fully saturated rings. The van der Waals surface area contributed by atoms with Gasteiger partial charge in [-0.05, 0) is 42.2 Å². The SMILES string of the molecule is CC(N)C1(c2ccsc2)CC1. The van der Waals surface area contributed by atoms with Gasteiger partial charge in [-0.2, -0.15) is 11.3 Å². The highest BCUT2D eigenvalue weighted by molar-refractivity contribution is 7.08. The maximum Gasteiger partial charge on any atom is 0.0110 e. The lowest BCUT2D eigenvalue weighted by molar-refractivity contribution is 0.558. The summed E-state index contributed by atoms with van der Waals surface area (Å²) in [7, 11) is 0. The van der Waals surface area contributed by atoms with Gasteiger partial charge in [-0.25, -0.2) is 0 Å². The molecule has 11 heavy (non-hydrogen) atoms. The fourth-order valence-electron chi connectivity index (χ4n) is 1.69. The van der Waals surface area contributed by atoms with Gasteiger partial charge in [0.1, 0.15) is 0 Å². The Labute approximate surface area is 71.2 Å². The van der Waals surface area contributed by atoms with Gasteiger partial charge in [0.05, 0.1) is 0 Å². The number of rotatable bonds is 2. The van der Waals surface area contributed by atoms with Gasteiger partial charge in [-0.1, -0.05) is 0 Å². The van der Waals surface area contributed by atoms with Gasteiger partial charge in [0.15, 0.2) is 0 Å². The van der Waals surface area contributed by atoms with Gasteiger partial charge in [-0.3, -0.25) is 0 Å². The van der Waals surface area contributed by atoms with E-state index < -0.39 is 0 Å². The Bertz CT molecular complexity index is 234. The fourth-order valence-corrected chi connectivity index (χ4v) is 2.45. The lowest BCUT2D eigenvalue weighted by Crippen LogP contribution is -2.31. The van der Waals surface area contributed by atoms with Gasteiger partial charge in [-0.15, -0.1) is 0 Å². The van der Waals surface area contributed by atoms with Crippen LogP contribution >= 0.6 is 11.3 Å². The first-order valence-electron chi connectivity index (χ1n) is 4.04. The number of hydrogen-bond donors (Lipinski definition) is 1. The molecule has 0 spiro atoms. The molecular formula is C9H13NS. The third kappa shape index (κ3) is 1.01. The largest absolute Gasteiger partial charge is 0.327 e. The average molecular weight is 167 g/mol. The summed E-state index contributed by atoms with van der Waals surface area (Å²) in [5, 5.41) is 4.37. The first-order chi connectivity index (χ1) is 5.26. The van der Waals surface area contributed by atoms with Crippen molar-refractivity contribution in [1.82, 2.24) is 0 Å². The zero-order valence-electron chi connectivity index (χ0n) is 6.71. The standard InChI is InChI=1S/C9H13NS/c1-7(10)9(3-4-9)8-2-5-11-6-8/h2,5-7H,3-4,10H2,1H3. The summed E-state index contributed by atoms with van der Waals surface area (Å²) < 4.78 is 0. The Morgan fingerprint density at radius 2 is 2.36 bits per heavy atom. The molecule has 60 valence electrons. The second-order valence-corrected chi connectivity index (χ2v) is 4.24. The molecule has 1 aliphatic rings. The lowest BCUT2D eigenvalue weighted by atomic mass is 9.92. The highest BCUT2D eigenvalue weighted by atomic mass is 32.1. The molecule has 1 atom stereocenters. The fraction of sp³-hybridized carbons (Fsp3) is 0.556. The Morgan fingerprint density at radius 3 is 2.73 bits per heavy atom. The molecule has 2 rings (SSSR count). The molecule has 0 saturated heterocycles. The topological polar surface area (TPSA) is 26.0 Å². The van der Waals surface area contributed by atoms with Gasteiger partial charge in [0.25, 0.3) is 0 Å². The third-order valence-electron chi connectivity index (χ3n) is 2.76. The average Bonchev–Trinajstić information content (AvgIpc) is 2.61. The highest BCUT2D eigenvalue weighted by Crippen LogP contribution is 2.50. The van der Waals surface area contributed by atoms with E-state index in [2.05, 4.69) is 23.8 Å². The van der Waals surface area contributed by atoms with E-state index in [0.717, 1.165) is 0 Å². The van der Waals surface area contributed by atoms with Crippen LogP contribution in [0.15, 0.2) is 16.8 Å². The van der Waals surface area contributed by atoms with Crippen molar-refractivity contribution in [3.63, 3.8) is 0 Å².